The quantitative estimate of drug-likeness (QED) is 0.407. The zero-order valence-corrected chi connectivity index (χ0v) is 18.3. The first-order valence-corrected chi connectivity index (χ1v) is 10.3. The Morgan fingerprint density at radius 2 is 1.60 bits per heavy atom. The summed E-state index contributed by atoms with van der Waals surface area (Å²) in [6, 6.07) is 15.3. The molecule has 0 bridgehead atoms. The van der Waals surface area contributed by atoms with Crippen LogP contribution in [0.4, 0.5) is 18.9 Å². The molecule has 0 aliphatic rings. The van der Waals surface area contributed by atoms with Crippen LogP contribution in [0.1, 0.15) is 37.5 Å². The minimum Gasteiger partial charge on any atom is -0.465 e. The van der Waals surface area contributed by atoms with E-state index in [-0.39, 0.29) is 10.9 Å². The Morgan fingerprint density at radius 3 is 2.23 bits per heavy atom. The Hall–Kier alpha value is -4.47. The Labute approximate surface area is 196 Å². The van der Waals surface area contributed by atoms with Crippen LogP contribution in [-0.4, -0.2) is 29.2 Å². The smallest absolute Gasteiger partial charge is 0.416 e. The SMILES string of the molecule is COC(=O)c1ccc(Cc2n[nH]c(=O)c3cc(NC(=O)c4ccc(C(F)(F)F)cc4)ccc23)cc1. The minimum atomic E-state index is -4.50. The van der Waals surface area contributed by atoms with Crippen molar-refractivity contribution in [2.24, 2.45) is 0 Å². The second-order valence-corrected chi connectivity index (χ2v) is 7.65. The maximum Gasteiger partial charge on any atom is 0.416 e. The average Bonchev–Trinajstić information content (AvgIpc) is 2.85. The van der Waals surface area contributed by atoms with Crippen LogP contribution in [0, 0.1) is 0 Å². The molecule has 0 atom stereocenters. The molecule has 0 saturated heterocycles. The van der Waals surface area contributed by atoms with Crippen molar-refractivity contribution in [3.8, 4) is 0 Å². The standard InChI is InChI=1S/C25H18F3N3O4/c1-35-24(34)16-4-2-14(3-5-16)12-21-19-11-10-18(13-20(19)23(33)31-30-21)29-22(32)15-6-8-17(9-7-15)25(26,27)28/h2-11,13H,12H2,1H3,(H,29,32)(H,31,33). The summed E-state index contributed by atoms with van der Waals surface area (Å²) in [5.41, 5.74) is 0.847. The number of alkyl halides is 3. The van der Waals surface area contributed by atoms with E-state index in [1.807, 2.05) is 0 Å². The van der Waals surface area contributed by atoms with E-state index in [4.69, 9.17) is 0 Å². The summed E-state index contributed by atoms with van der Waals surface area (Å²) in [6.45, 7) is 0. The molecule has 1 aromatic heterocycles. The van der Waals surface area contributed by atoms with Gasteiger partial charge in [0.25, 0.3) is 11.5 Å². The van der Waals surface area contributed by atoms with Crippen molar-refractivity contribution >= 4 is 28.3 Å². The molecule has 0 fully saturated rings. The molecule has 1 amide bonds. The van der Waals surface area contributed by atoms with Crippen molar-refractivity contribution in [2.75, 3.05) is 12.4 Å². The summed E-state index contributed by atoms with van der Waals surface area (Å²) >= 11 is 0. The lowest BCUT2D eigenvalue weighted by atomic mass is 10.0. The highest BCUT2D eigenvalue weighted by Crippen LogP contribution is 2.29. The van der Waals surface area contributed by atoms with E-state index in [1.165, 1.54) is 13.2 Å². The van der Waals surface area contributed by atoms with Crippen molar-refractivity contribution in [1.29, 1.82) is 0 Å². The van der Waals surface area contributed by atoms with E-state index in [0.717, 1.165) is 29.8 Å². The fraction of sp³-hybridized carbons (Fsp3) is 0.120. The number of carbonyl (C=O) groups is 2. The van der Waals surface area contributed by atoms with Gasteiger partial charge in [0.1, 0.15) is 0 Å². The number of methoxy groups -OCH3 is 1. The van der Waals surface area contributed by atoms with Crippen LogP contribution in [0.25, 0.3) is 10.8 Å². The van der Waals surface area contributed by atoms with Gasteiger partial charge in [-0.05, 0) is 54.1 Å². The fourth-order valence-electron chi connectivity index (χ4n) is 3.52. The van der Waals surface area contributed by atoms with Gasteiger partial charge in [-0.25, -0.2) is 9.89 Å². The maximum atomic E-state index is 12.7. The molecule has 1 heterocycles. The van der Waals surface area contributed by atoms with Crippen LogP contribution < -0.4 is 10.9 Å². The number of aromatic amines is 1. The average molecular weight is 481 g/mol. The van der Waals surface area contributed by atoms with Crippen LogP contribution >= 0.6 is 0 Å². The molecule has 0 saturated carbocycles. The fourth-order valence-corrected chi connectivity index (χ4v) is 3.52. The van der Waals surface area contributed by atoms with E-state index >= 15 is 0 Å². The van der Waals surface area contributed by atoms with E-state index in [1.54, 1.807) is 36.4 Å². The predicted octanol–water partition coefficient (Wildman–Crippen LogP) is 4.57. The Kier molecular flexibility index (Phi) is 6.37. The number of aromatic nitrogens is 2. The molecule has 0 spiro atoms. The number of halogens is 3. The third-order valence-corrected chi connectivity index (χ3v) is 5.35. The predicted molar refractivity (Wildman–Crippen MR) is 122 cm³/mol. The van der Waals surface area contributed by atoms with Gasteiger partial charge in [0.05, 0.1) is 29.3 Å². The number of nitrogens with one attached hydrogen (secondary N) is 2. The van der Waals surface area contributed by atoms with E-state index in [2.05, 4.69) is 20.3 Å². The van der Waals surface area contributed by atoms with Gasteiger partial charge in [0.15, 0.2) is 0 Å². The molecule has 0 unspecified atom stereocenters. The van der Waals surface area contributed by atoms with Crippen LogP contribution in [0.15, 0.2) is 71.5 Å². The molecule has 4 aromatic rings. The lowest BCUT2D eigenvalue weighted by Gasteiger charge is -2.10. The van der Waals surface area contributed by atoms with Gasteiger partial charge in [-0.2, -0.15) is 18.3 Å². The van der Waals surface area contributed by atoms with Crippen molar-refractivity contribution in [3.05, 3.63) is 105 Å². The second-order valence-electron chi connectivity index (χ2n) is 7.65. The van der Waals surface area contributed by atoms with Crippen molar-refractivity contribution in [3.63, 3.8) is 0 Å². The van der Waals surface area contributed by atoms with Gasteiger partial charge in [-0.1, -0.05) is 18.2 Å². The highest BCUT2D eigenvalue weighted by atomic mass is 19.4. The number of hydrogen-bond donors (Lipinski definition) is 2. The molecule has 0 aliphatic carbocycles. The van der Waals surface area contributed by atoms with Crippen molar-refractivity contribution in [1.82, 2.24) is 10.2 Å². The number of fused-ring (bicyclic) bond motifs is 1. The molecule has 0 aliphatic heterocycles. The van der Waals surface area contributed by atoms with E-state index < -0.39 is 29.2 Å². The van der Waals surface area contributed by atoms with Crippen LogP contribution in [-0.2, 0) is 17.3 Å². The molecule has 35 heavy (non-hydrogen) atoms. The Balaban J connectivity index is 1.56. The number of benzene rings is 3. The topological polar surface area (TPSA) is 101 Å². The van der Waals surface area contributed by atoms with Gasteiger partial charge in [0, 0.05) is 23.1 Å². The number of anilines is 1. The zero-order valence-electron chi connectivity index (χ0n) is 18.3. The summed E-state index contributed by atoms with van der Waals surface area (Å²) in [5.74, 6) is -1.07. The van der Waals surface area contributed by atoms with E-state index in [0.29, 0.717) is 28.8 Å². The first-order valence-electron chi connectivity index (χ1n) is 10.3. The van der Waals surface area contributed by atoms with Gasteiger partial charge in [0.2, 0.25) is 0 Å². The van der Waals surface area contributed by atoms with Crippen LogP contribution in [0.5, 0.6) is 0 Å². The Morgan fingerprint density at radius 1 is 0.943 bits per heavy atom. The summed E-state index contributed by atoms with van der Waals surface area (Å²) in [6.07, 6.45) is -4.13. The third kappa shape index (κ3) is 5.21. The highest BCUT2D eigenvalue weighted by molar-refractivity contribution is 6.05. The largest absolute Gasteiger partial charge is 0.465 e. The monoisotopic (exact) mass is 481 g/mol. The van der Waals surface area contributed by atoms with Crippen molar-refractivity contribution in [2.45, 2.75) is 12.6 Å². The molecule has 4 rings (SSSR count). The molecule has 10 heteroatoms. The minimum absolute atomic E-state index is 0.0397. The number of ether oxygens (including phenoxy) is 1. The first-order chi connectivity index (χ1) is 16.7. The lowest BCUT2D eigenvalue weighted by Crippen LogP contribution is -2.15. The number of H-pyrrole nitrogens is 1. The highest BCUT2D eigenvalue weighted by Gasteiger charge is 2.30. The third-order valence-electron chi connectivity index (χ3n) is 5.35. The van der Waals surface area contributed by atoms with Crippen molar-refractivity contribution < 1.29 is 27.5 Å². The number of rotatable bonds is 5. The van der Waals surface area contributed by atoms with Gasteiger partial charge >= 0.3 is 12.1 Å². The summed E-state index contributed by atoms with van der Waals surface area (Å²) < 4.78 is 42.9. The molecular weight excluding hydrogens is 463 g/mol. The molecule has 3 aromatic carbocycles. The first kappa shape index (κ1) is 23.7. The summed E-state index contributed by atoms with van der Waals surface area (Å²) in [7, 11) is 1.30. The van der Waals surface area contributed by atoms with Crippen LogP contribution in [0.2, 0.25) is 0 Å². The molecule has 7 nitrogen and oxygen atoms in total. The number of hydrogen-bond acceptors (Lipinski definition) is 5. The summed E-state index contributed by atoms with van der Waals surface area (Å²) in [5, 5.41) is 10.0. The van der Waals surface area contributed by atoms with E-state index in [9.17, 15) is 27.6 Å². The zero-order chi connectivity index (χ0) is 25.2. The molecule has 2 N–H and O–H groups in total. The number of esters is 1. The lowest BCUT2D eigenvalue weighted by molar-refractivity contribution is -0.137. The molecular formula is C25H18F3N3O4. The summed E-state index contributed by atoms with van der Waals surface area (Å²) in [4.78, 5) is 36.5. The normalized spacial score (nSPS) is 11.3. The molecule has 0 radical (unpaired) electrons. The number of nitrogens with zero attached hydrogens (tertiary/aromatic N) is 1. The van der Waals surface area contributed by atoms with Gasteiger partial charge < -0.3 is 10.1 Å². The van der Waals surface area contributed by atoms with Gasteiger partial charge in [-0.15, -0.1) is 0 Å². The number of amides is 1. The number of carbonyl (C=O) groups excluding carboxylic acids is 2. The van der Waals surface area contributed by atoms with Gasteiger partial charge in [-0.3, -0.25) is 9.59 Å². The Bertz CT molecular complexity index is 1460. The maximum absolute atomic E-state index is 12.7. The second kappa shape index (κ2) is 9.41. The molecule has 178 valence electrons. The van der Waals surface area contributed by atoms with Crippen LogP contribution in [0.3, 0.4) is 0 Å².